The largest absolute Gasteiger partial charge is 0.402 e. The van der Waals surface area contributed by atoms with E-state index in [0.29, 0.717) is 12.0 Å². The first-order chi connectivity index (χ1) is 12.6. The minimum Gasteiger partial charge on any atom is -0.402 e. The third-order valence-corrected chi connectivity index (χ3v) is 4.82. The van der Waals surface area contributed by atoms with Crippen LogP contribution < -0.4 is 4.90 Å². The molecule has 130 valence electrons. The molecule has 0 unspecified atom stereocenters. The van der Waals surface area contributed by atoms with Gasteiger partial charge in [0, 0.05) is 28.7 Å². The van der Waals surface area contributed by atoms with Crippen LogP contribution in [0.25, 0.3) is 6.08 Å². The Labute approximate surface area is 159 Å². The van der Waals surface area contributed by atoms with E-state index in [1.54, 1.807) is 11.0 Å². The second-order valence-corrected chi connectivity index (χ2v) is 7.00. The van der Waals surface area contributed by atoms with E-state index in [0.717, 1.165) is 28.7 Å². The topological polar surface area (TPSA) is 59.0 Å². The zero-order chi connectivity index (χ0) is 18.1. The van der Waals surface area contributed by atoms with Crippen LogP contribution in [0, 0.1) is 0 Å². The second-order valence-electron chi connectivity index (χ2n) is 6.08. The highest BCUT2D eigenvalue weighted by molar-refractivity contribution is 9.10. The van der Waals surface area contributed by atoms with Gasteiger partial charge in [-0.15, -0.1) is 0 Å². The molecular weight excluding hydrogens is 396 g/mol. The van der Waals surface area contributed by atoms with Gasteiger partial charge in [-0.05, 0) is 54.5 Å². The van der Waals surface area contributed by atoms with Gasteiger partial charge in [0.25, 0.3) is 0 Å². The van der Waals surface area contributed by atoms with Gasteiger partial charge in [-0.1, -0.05) is 28.1 Å². The highest BCUT2D eigenvalue weighted by atomic mass is 79.9. The molecule has 2 aliphatic rings. The van der Waals surface area contributed by atoms with Crippen LogP contribution in [0.2, 0.25) is 0 Å². The van der Waals surface area contributed by atoms with Crippen LogP contribution in [0.5, 0.6) is 0 Å². The molecule has 26 heavy (non-hydrogen) atoms. The molecular formula is C20H15BrN2O3. The maximum Gasteiger partial charge on any atom is 0.363 e. The predicted molar refractivity (Wildman–Crippen MR) is 103 cm³/mol. The molecule has 1 saturated heterocycles. The van der Waals surface area contributed by atoms with E-state index in [1.165, 1.54) is 0 Å². The van der Waals surface area contributed by atoms with Crippen molar-refractivity contribution in [3.8, 4) is 0 Å². The van der Waals surface area contributed by atoms with Gasteiger partial charge < -0.3 is 9.64 Å². The predicted octanol–water partition coefficient (Wildman–Crippen LogP) is 3.92. The molecule has 0 atom stereocenters. The second kappa shape index (κ2) is 6.88. The Morgan fingerprint density at radius 3 is 2.42 bits per heavy atom. The van der Waals surface area contributed by atoms with Crippen LogP contribution in [-0.4, -0.2) is 24.3 Å². The number of hydrogen-bond donors (Lipinski definition) is 0. The SMILES string of the molecule is O=C1OC(c2ccc(N3CCCC3=O)cc2)=N/C1=C/c1ccc(Br)cc1. The van der Waals surface area contributed by atoms with Gasteiger partial charge in [0.1, 0.15) is 0 Å². The lowest BCUT2D eigenvalue weighted by Gasteiger charge is -2.15. The molecule has 0 bridgehead atoms. The highest BCUT2D eigenvalue weighted by Crippen LogP contribution is 2.24. The summed E-state index contributed by atoms with van der Waals surface area (Å²) in [6.45, 7) is 0.744. The quantitative estimate of drug-likeness (QED) is 0.568. The monoisotopic (exact) mass is 410 g/mol. The Balaban J connectivity index is 1.57. The number of halogens is 1. The zero-order valence-electron chi connectivity index (χ0n) is 13.8. The number of carbonyl (C=O) groups is 2. The summed E-state index contributed by atoms with van der Waals surface area (Å²) in [6.07, 6.45) is 3.17. The molecule has 0 spiro atoms. The van der Waals surface area contributed by atoms with E-state index in [2.05, 4.69) is 20.9 Å². The van der Waals surface area contributed by atoms with Crippen LogP contribution in [0.3, 0.4) is 0 Å². The average Bonchev–Trinajstić information content (AvgIpc) is 3.23. The Hall–Kier alpha value is -2.73. The number of amides is 1. The third-order valence-electron chi connectivity index (χ3n) is 4.29. The maximum absolute atomic E-state index is 12.1. The van der Waals surface area contributed by atoms with Crippen molar-refractivity contribution in [1.82, 2.24) is 0 Å². The fourth-order valence-electron chi connectivity index (χ4n) is 2.95. The lowest BCUT2D eigenvalue weighted by atomic mass is 10.2. The number of benzene rings is 2. The maximum atomic E-state index is 12.1. The number of hydrogen-bond acceptors (Lipinski definition) is 4. The highest BCUT2D eigenvalue weighted by Gasteiger charge is 2.25. The number of rotatable bonds is 3. The molecule has 0 saturated carbocycles. The van der Waals surface area contributed by atoms with Crippen molar-refractivity contribution in [2.45, 2.75) is 12.8 Å². The molecule has 5 nitrogen and oxygen atoms in total. The number of esters is 1. The third kappa shape index (κ3) is 3.32. The molecule has 0 aromatic heterocycles. The van der Waals surface area contributed by atoms with Crippen LogP contribution >= 0.6 is 15.9 Å². The molecule has 2 aliphatic heterocycles. The van der Waals surface area contributed by atoms with Crippen LogP contribution in [0.15, 0.2) is 63.7 Å². The molecule has 2 heterocycles. The summed E-state index contributed by atoms with van der Waals surface area (Å²) in [5.41, 5.74) is 2.69. The van der Waals surface area contributed by atoms with Gasteiger partial charge in [-0.2, -0.15) is 0 Å². The summed E-state index contributed by atoms with van der Waals surface area (Å²) >= 11 is 3.38. The van der Waals surface area contributed by atoms with Crippen molar-refractivity contribution < 1.29 is 14.3 Å². The van der Waals surface area contributed by atoms with Gasteiger partial charge in [-0.3, -0.25) is 4.79 Å². The van der Waals surface area contributed by atoms with Crippen molar-refractivity contribution in [1.29, 1.82) is 0 Å². The minimum absolute atomic E-state index is 0.141. The summed E-state index contributed by atoms with van der Waals surface area (Å²) in [4.78, 5) is 30.0. The molecule has 0 radical (unpaired) electrons. The van der Waals surface area contributed by atoms with Gasteiger partial charge in [0.05, 0.1) is 0 Å². The van der Waals surface area contributed by atoms with Crippen molar-refractivity contribution in [3.05, 3.63) is 69.8 Å². The number of carbonyl (C=O) groups excluding carboxylic acids is 2. The normalized spacial score (nSPS) is 18.4. The molecule has 0 aliphatic carbocycles. The lowest BCUT2D eigenvalue weighted by molar-refractivity contribution is -0.130. The summed E-state index contributed by atoms with van der Waals surface area (Å²) in [5, 5.41) is 0. The van der Waals surface area contributed by atoms with E-state index in [4.69, 9.17) is 4.74 Å². The van der Waals surface area contributed by atoms with Crippen molar-refractivity contribution >= 4 is 45.5 Å². The Bertz CT molecular complexity index is 931. The lowest BCUT2D eigenvalue weighted by Crippen LogP contribution is -2.23. The first kappa shape index (κ1) is 16.7. The van der Waals surface area contributed by atoms with Crippen LogP contribution in [0.1, 0.15) is 24.0 Å². The average molecular weight is 411 g/mol. The van der Waals surface area contributed by atoms with Gasteiger partial charge in [-0.25, -0.2) is 9.79 Å². The molecule has 2 aromatic rings. The fourth-order valence-corrected chi connectivity index (χ4v) is 3.22. The first-order valence-electron chi connectivity index (χ1n) is 8.29. The van der Waals surface area contributed by atoms with E-state index in [9.17, 15) is 9.59 Å². The Morgan fingerprint density at radius 2 is 1.77 bits per heavy atom. The summed E-state index contributed by atoms with van der Waals surface area (Å²) in [5.74, 6) is -0.0542. The smallest absolute Gasteiger partial charge is 0.363 e. The zero-order valence-corrected chi connectivity index (χ0v) is 15.4. The number of nitrogens with zero attached hydrogens (tertiary/aromatic N) is 2. The fraction of sp³-hybridized carbons (Fsp3) is 0.150. The Morgan fingerprint density at radius 1 is 1.04 bits per heavy atom. The summed E-state index contributed by atoms with van der Waals surface area (Å²) < 4.78 is 6.26. The van der Waals surface area contributed by atoms with Crippen LogP contribution in [0.4, 0.5) is 5.69 Å². The summed E-state index contributed by atoms with van der Waals surface area (Å²) in [7, 11) is 0. The van der Waals surface area contributed by atoms with Gasteiger partial charge in [0.2, 0.25) is 11.8 Å². The number of anilines is 1. The van der Waals surface area contributed by atoms with Crippen molar-refractivity contribution in [2.24, 2.45) is 4.99 Å². The summed E-state index contributed by atoms with van der Waals surface area (Å²) in [6, 6.07) is 14.9. The molecule has 0 N–H and O–H groups in total. The standard InChI is InChI=1S/C20H15BrN2O3/c21-15-7-3-13(4-8-15)12-17-20(25)26-19(22-17)14-5-9-16(10-6-14)23-11-1-2-18(23)24/h3-10,12H,1-2,11H2/b17-12+. The molecule has 4 rings (SSSR count). The van der Waals surface area contributed by atoms with E-state index in [1.807, 2.05) is 48.5 Å². The van der Waals surface area contributed by atoms with Gasteiger partial charge >= 0.3 is 5.97 Å². The molecule has 6 heteroatoms. The van der Waals surface area contributed by atoms with E-state index < -0.39 is 5.97 Å². The minimum atomic E-state index is -0.471. The molecule has 1 fully saturated rings. The first-order valence-corrected chi connectivity index (χ1v) is 9.08. The van der Waals surface area contributed by atoms with E-state index in [-0.39, 0.29) is 17.5 Å². The number of cyclic esters (lactones) is 1. The van der Waals surface area contributed by atoms with Crippen molar-refractivity contribution in [3.63, 3.8) is 0 Å². The van der Waals surface area contributed by atoms with E-state index >= 15 is 0 Å². The number of aliphatic imine (C=N–C) groups is 1. The number of ether oxygens (including phenoxy) is 1. The van der Waals surface area contributed by atoms with Gasteiger partial charge in [0.15, 0.2) is 5.70 Å². The molecule has 2 aromatic carbocycles. The molecule has 1 amide bonds. The van der Waals surface area contributed by atoms with Crippen molar-refractivity contribution in [2.75, 3.05) is 11.4 Å². The van der Waals surface area contributed by atoms with Crippen LogP contribution in [-0.2, 0) is 14.3 Å². The Kier molecular flexibility index (Phi) is 4.42.